The fourth-order valence-electron chi connectivity index (χ4n) is 1.50. The molecule has 2 N–H and O–H groups in total. The smallest absolute Gasteiger partial charge is 0.165 e. The molecule has 2 rings (SSSR count). The first-order chi connectivity index (χ1) is 9.25. The van der Waals surface area contributed by atoms with E-state index >= 15 is 0 Å². The van der Waals surface area contributed by atoms with E-state index in [1.165, 1.54) is 18.4 Å². The number of aromatic nitrogens is 1. The minimum Gasteiger partial charge on any atom is -0.488 e. The summed E-state index contributed by atoms with van der Waals surface area (Å²) >= 11 is 0. The first-order valence-corrected chi connectivity index (χ1v) is 5.91. The standard InChI is InChI=1S/C13H15FN2O3/c14-12-3-1-2-4-13(12)18-9-11(17)8-15-7-10-5-6-19-16-10/h1-6,11,15,17H,7-9H2. The van der Waals surface area contributed by atoms with Crippen LogP contribution in [0.3, 0.4) is 0 Å². The van der Waals surface area contributed by atoms with E-state index in [9.17, 15) is 9.50 Å². The second-order valence-electron chi connectivity index (χ2n) is 4.02. The Kier molecular flexibility index (Phi) is 4.88. The molecular formula is C13H15FN2O3. The van der Waals surface area contributed by atoms with Gasteiger partial charge in [-0.2, -0.15) is 0 Å². The largest absolute Gasteiger partial charge is 0.488 e. The van der Waals surface area contributed by atoms with Crippen LogP contribution in [0.1, 0.15) is 5.69 Å². The van der Waals surface area contributed by atoms with Gasteiger partial charge >= 0.3 is 0 Å². The molecule has 2 aromatic rings. The summed E-state index contributed by atoms with van der Waals surface area (Å²) in [5.41, 5.74) is 0.752. The normalized spacial score (nSPS) is 12.3. The number of rotatable bonds is 7. The van der Waals surface area contributed by atoms with E-state index in [1.54, 1.807) is 18.2 Å². The number of para-hydroxylation sites is 1. The van der Waals surface area contributed by atoms with Crippen molar-refractivity contribution in [2.75, 3.05) is 13.2 Å². The Bertz CT molecular complexity index is 490. The molecule has 0 amide bonds. The van der Waals surface area contributed by atoms with Crippen LogP contribution in [-0.2, 0) is 6.54 Å². The first-order valence-electron chi connectivity index (χ1n) is 5.91. The predicted octanol–water partition coefficient (Wildman–Crippen LogP) is 1.34. The highest BCUT2D eigenvalue weighted by Gasteiger charge is 2.07. The molecule has 1 aromatic heterocycles. The van der Waals surface area contributed by atoms with Gasteiger partial charge in [0.25, 0.3) is 0 Å². The van der Waals surface area contributed by atoms with Crippen LogP contribution < -0.4 is 10.1 Å². The summed E-state index contributed by atoms with van der Waals surface area (Å²) < 4.78 is 23.1. The average molecular weight is 266 g/mol. The highest BCUT2D eigenvalue weighted by Crippen LogP contribution is 2.15. The number of hydrogen-bond donors (Lipinski definition) is 2. The number of halogens is 1. The molecule has 1 atom stereocenters. The molecule has 0 saturated carbocycles. The third-order valence-corrected chi connectivity index (χ3v) is 2.45. The van der Waals surface area contributed by atoms with Gasteiger partial charge in [-0.05, 0) is 12.1 Å². The molecule has 0 saturated heterocycles. The minimum absolute atomic E-state index is 0.0206. The fourth-order valence-corrected chi connectivity index (χ4v) is 1.50. The number of hydrogen-bond acceptors (Lipinski definition) is 5. The van der Waals surface area contributed by atoms with Crippen molar-refractivity contribution in [1.82, 2.24) is 10.5 Å². The summed E-state index contributed by atoms with van der Waals surface area (Å²) in [4.78, 5) is 0. The highest BCUT2D eigenvalue weighted by atomic mass is 19.1. The highest BCUT2D eigenvalue weighted by molar-refractivity contribution is 5.23. The summed E-state index contributed by atoms with van der Waals surface area (Å²) in [6.45, 7) is 0.835. The van der Waals surface area contributed by atoms with Crippen molar-refractivity contribution in [2.24, 2.45) is 0 Å². The number of nitrogens with zero attached hydrogens (tertiary/aromatic N) is 1. The third-order valence-electron chi connectivity index (χ3n) is 2.45. The summed E-state index contributed by atoms with van der Waals surface area (Å²) in [6, 6.07) is 7.82. The zero-order chi connectivity index (χ0) is 13.5. The number of ether oxygens (including phenoxy) is 1. The lowest BCUT2D eigenvalue weighted by molar-refractivity contribution is 0.104. The molecule has 5 nitrogen and oxygen atoms in total. The van der Waals surface area contributed by atoms with Crippen LogP contribution in [0.15, 0.2) is 41.1 Å². The van der Waals surface area contributed by atoms with Crippen LogP contribution in [0.5, 0.6) is 5.75 Å². The van der Waals surface area contributed by atoms with E-state index in [1.807, 2.05) is 0 Å². The van der Waals surface area contributed by atoms with Crippen LogP contribution in [-0.4, -0.2) is 29.5 Å². The first kappa shape index (κ1) is 13.5. The lowest BCUT2D eigenvalue weighted by Crippen LogP contribution is -2.31. The number of benzene rings is 1. The molecule has 1 unspecified atom stereocenters. The van der Waals surface area contributed by atoms with Crippen molar-refractivity contribution < 1.29 is 18.8 Å². The van der Waals surface area contributed by atoms with Crippen LogP contribution in [0.2, 0.25) is 0 Å². The van der Waals surface area contributed by atoms with E-state index in [0.29, 0.717) is 13.1 Å². The predicted molar refractivity (Wildman–Crippen MR) is 66.1 cm³/mol. The molecule has 0 fully saturated rings. The monoisotopic (exact) mass is 266 g/mol. The minimum atomic E-state index is -0.730. The Morgan fingerprint density at radius 1 is 1.37 bits per heavy atom. The Labute approximate surface area is 110 Å². The van der Waals surface area contributed by atoms with Crippen molar-refractivity contribution in [1.29, 1.82) is 0 Å². The lowest BCUT2D eigenvalue weighted by atomic mass is 10.3. The molecule has 102 valence electrons. The summed E-state index contributed by atoms with van der Waals surface area (Å²) in [5.74, 6) is -0.302. The third kappa shape index (κ3) is 4.35. The van der Waals surface area contributed by atoms with Gasteiger partial charge in [-0.25, -0.2) is 4.39 Å². The molecule has 0 radical (unpaired) electrons. The van der Waals surface area contributed by atoms with Gasteiger partial charge in [0.05, 0.1) is 5.69 Å². The maximum atomic E-state index is 13.2. The fraction of sp³-hybridized carbons (Fsp3) is 0.308. The van der Waals surface area contributed by atoms with Crippen LogP contribution >= 0.6 is 0 Å². The average Bonchev–Trinajstić information content (AvgIpc) is 2.91. The van der Waals surface area contributed by atoms with Gasteiger partial charge in [0.15, 0.2) is 11.6 Å². The molecular weight excluding hydrogens is 251 g/mol. The number of nitrogens with one attached hydrogen (secondary N) is 1. The van der Waals surface area contributed by atoms with E-state index in [-0.39, 0.29) is 12.4 Å². The van der Waals surface area contributed by atoms with Gasteiger partial charge < -0.3 is 19.7 Å². The van der Waals surface area contributed by atoms with Crippen LogP contribution in [0.25, 0.3) is 0 Å². The van der Waals surface area contributed by atoms with Gasteiger partial charge in [-0.15, -0.1) is 0 Å². The van der Waals surface area contributed by atoms with Gasteiger partial charge in [-0.1, -0.05) is 17.3 Å². The summed E-state index contributed by atoms with van der Waals surface area (Å²) in [7, 11) is 0. The SMILES string of the molecule is OC(CNCc1ccon1)COc1ccccc1F. The van der Waals surface area contributed by atoms with Crippen LogP contribution in [0, 0.1) is 5.82 Å². The quantitative estimate of drug-likeness (QED) is 0.791. The van der Waals surface area contributed by atoms with Gasteiger partial charge in [-0.3, -0.25) is 0 Å². The second kappa shape index (κ2) is 6.86. The maximum absolute atomic E-state index is 13.2. The number of aliphatic hydroxyl groups is 1. The van der Waals surface area contributed by atoms with Gasteiger partial charge in [0, 0.05) is 19.2 Å². The molecule has 0 aliphatic heterocycles. The molecule has 0 bridgehead atoms. The topological polar surface area (TPSA) is 67.5 Å². The Morgan fingerprint density at radius 2 is 2.21 bits per heavy atom. The second-order valence-corrected chi connectivity index (χ2v) is 4.02. The summed E-state index contributed by atoms with van der Waals surface area (Å²) in [6.07, 6.45) is 0.751. The van der Waals surface area contributed by atoms with E-state index in [0.717, 1.165) is 5.69 Å². The van der Waals surface area contributed by atoms with Crippen molar-refractivity contribution in [3.05, 3.63) is 48.1 Å². The number of aliphatic hydroxyl groups excluding tert-OH is 1. The van der Waals surface area contributed by atoms with Crippen LogP contribution in [0.4, 0.5) is 4.39 Å². The Morgan fingerprint density at radius 3 is 2.95 bits per heavy atom. The van der Waals surface area contributed by atoms with E-state index < -0.39 is 11.9 Å². The molecule has 0 aliphatic carbocycles. The Hall–Kier alpha value is -1.92. The molecule has 1 heterocycles. The molecule has 1 aromatic carbocycles. The van der Waals surface area contributed by atoms with Gasteiger partial charge in [0.2, 0.25) is 0 Å². The molecule has 0 spiro atoms. The van der Waals surface area contributed by atoms with Crippen molar-refractivity contribution in [3.63, 3.8) is 0 Å². The summed E-state index contributed by atoms with van der Waals surface area (Å²) in [5, 5.41) is 16.4. The maximum Gasteiger partial charge on any atom is 0.165 e. The lowest BCUT2D eigenvalue weighted by Gasteiger charge is -2.13. The molecule has 0 aliphatic rings. The molecule has 19 heavy (non-hydrogen) atoms. The Balaban J connectivity index is 1.67. The van der Waals surface area contributed by atoms with Crippen molar-refractivity contribution >= 4 is 0 Å². The van der Waals surface area contributed by atoms with E-state index in [4.69, 9.17) is 4.74 Å². The van der Waals surface area contributed by atoms with E-state index in [2.05, 4.69) is 15.0 Å². The zero-order valence-corrected chi connectivity index (χ0v) is 10.3. The van der Waals surface area contributed by atoms with Crippen molar-refractivity contribution in [3.8, 4) is 5.75 Å². The molecule has 6 heteroatoms. The van der Waals surface area contributed by atoms with Crippen molar-refractivity contribution in [2.45, 2.75) is 12.6 Å². The zero-order valence-electron chi connectivity index (χ0n) is 10.3. The van der Waals surface area contributed by atoms with Gasteiger partial charge in [0.1, 0.15) is 19.0 Å².